The van der Waals surface area contributed by atoms with Gasteiger partial charge in [-0.15, -0.1) is 0 Å². The summed E-state index contributed by atoms with van der Waals surface area (Å²) >= 11 is 6.29. The van der Waals surface area contributed by atoms with Crippen LogP contribution in [-0.4, -0.2) is 13.2 Å². The molecular formula is C22H25ClO2. The Morgan fingerprint density at radius 2 is 1.24 bits per heavy atom. The van der Waals surface area contributed by atoms with Gasteiger partial charge in [-0.25, -0.2) is 0 Å². The Kier molecular flexibility index (Phi) is 6.04. The van der Waals surface area contributed by atoms with E-state index in [1.165, 1.54) is 0 Å². The van der Waals surface area contributed by atoms with Crippen molar-refractivity contribution in [3.8, 4) is 11.5 Å². The fourth-order valence-corrected chi connectivity index (χ4v) is 3.19. The number of ether oxygens (including phenoxy) is 2. The molecule has 25 heavy (non-hydrogen) atoms. The SMILES string of the molecule is CCCCOc1c2ccccc2c(OCCCC)c2cc(Cl)ccc12. The van der Waals surface area contributed by atoms with Crippen LogP contribution in [0.15, 0.2) is 42.5 Å². The molecule has 0 unspecified atom stereocenters. The molecule has 0 heterocycles. The monoisotopic (exact) mass is 356 g/mol. The quantitative estimate of drug-likeness (QED) is 0.319. The zero-order chi connectivity index (χ0) is 17.6. The highest BCUT2D eigenvalue weighted by molar-refractivity contribution is 6.31. The first-order valence-electron chi connectivity index (χ1n) is 9.15. The minimum atomic E-state index is 0.706. The fraction of sp³-hybridized carbons (Fsp3) is 0.364. The lowest BCUT2D eigenvalue weighted by Gasteiger charge is -2.18. The zero-order valence-electron chi connectivity index (χ0n) is 15.0. The topological polar surface area (TPSA) is 18.5 Å². The van der Waals surface area contributed by atoms with Crippen molar-refractivity contribution in [2.24, 2.45) is 0 Å². The molecule has 0 aromatic heterocycles. The average Bonchev–Trinajstić information content (AvgIpc) is 2.63. The van der Waals surface area contributed by atoms with Crippen molar-refractivity contribution in [2.45, 2.75) is 39.5 Å². The number of halogens is 1. The van der Waals surface area contributed by atoms with Gasteiger partial charge in [0.1, 0.15) is 11.5 Å². The molecule has 3 heteroatoms. The molecule has 3 aromatic carbocycles. The molecule has 3 aromatic rings. The van der Waals surface area contributed by atoms with Gasteiger partial charge in [0.2, 0.25) is 0 Å². The molecule has 0 spiro atoms. The lowest BCUT2D eigenvalue weighted by Crippen LogP contribution is -2.02. The van der Waals surface area contributed by atoms with Crippen LogP contribution in [0.2, 0.25) is 5.02 Å². The predicted molar refractivity (Wildman–Crippen MR) is 107 cm³/mol. The molecule has 0 aliphatic heterocycles. The Bertz CT molecular complexity index is 857. The van der Waals surface area contributed by atoms with E-state index in [0.717, 1.165) is 58.7 Å². The van der Waals surface area contributed by atoms with Gasteiger partial charge < -0.3 is 9.47 Å². The van der Waals surface area contributed by atoms with E-state index >= 15 is 0 Å². The van der Waals surface area contributed by atoms with Crippen molar-refractivity contribution in [3.05, 3.63) is 47.5 Å². The molecule has 0 amide bonds. The first-order valence-corrected chi connectivity index (χ1v) is 9.53. The number of hydrogen-bond acceptors (Lipinski definition) is 2. The van der Waals surface area contributed by atoms with Crippen LogP contribution < -0.4 is 9.47 Å². The molecule has 0 saturated carbocycles. The summed E-state index contributed by atoms with van der Waals surface area (Å²) in [6.45, 7) is 5.76. The molecule has 2 nitrogen and oxygen atoms in total. The maximum absolute atomic E-state index is 6.29. The van der Waals surface area contributed by atoms with Crippen LogP contribution in [0, 0.1) is 0 Å². The van der Waals surface area contributed by atoms with E-state index < -0.39 is 0 Å². The summed E-state index contributed by atoms with van der Waals surface area (Å²) in [6.07, 6.45) is 4.29. The van der Waals surface area contributed by atoms with Gasteiger partial charge in [-0.2, -0.15) is 0 Å². The second-order valence-corrected chi connectivity index (χ2v) is 6.73. The molecule has 0 bridgehead atoms. The van der Waals surface area contributed by atoms with Crippen LogP contribution in [-0.2, 0) is 0 Å². The van der Waals surface area contributed by atoms with Crippen LogP contribution in [0.1, 0.15) is 39.5 Å². The van der Waals surface area contributed by atoms with Crippen molar-refractivity contribution >= 4 is 33.1 Å². The van der Waals surface area contributed by atoms with Crippen LogP contribution in [0.3, 0.4) is 0 Å². The summed E-state index contributed by atoms with van der Waals surface area (Å²) < 4.78 is 12.4. The number of benzene rings is 3. The average molecular weight is 357 g/mol. The molecule has 0 aliphatic carbocycles. The van der Waals surface area contributed by atoms with E-state index in [1.807, 2.05) is 30.3 Å². The van der Waals surface area contributed by atoms with Gasteiger partial charge in [0.25, 0.3) is 0 Å². The summed E-state index contributed by atoms with van der Waals surface area (Å²) in [7, 11) is 0. The Hall–Kier alpha value is -1.93. The molecule has 0 atom stereocenters. The van der Waals surface area contributed by atoms with Crippen LogP contribution in [0.5, 0.6) is 11.5 Å². The first kappa shape index (κ1) is 17.9. The van der Waals surface area contributed by atoms with Gasteiger partial charge in [0.05, 0.1) is 13.2 Å². The second kappa shape index (κ2) is 8.44. The van der Waals surface area contributed by atoms with Crippen LogP contribution in [0.4, 0.5) is 0 Å². The normalized spacial score (nSPS) is 11.2. The van der Waals surface area contributed by atoms with Crippen molar-refractivity contribution in [2.75, 3.05) is 13.2 Å². The summed E-state index contributed by atoms with van der Waals surface area (Å²) in [6, 6.07) is 14.2. The third kappa shape index (κ3) is 3.85. The molecule has 0 fully saturated rings. The maximum atomic E-state index is 6.29. The Morgan fingerprint density at radius 3 is 1.80 bits per heavy atom. The van der Waals surface area contributed by atoms with Crippen LogP contribution in [0.25, 0.3) is 21.5 Å². The van der Waals surface area contributed by atoms with Crippen molar-refractivity contribution < 1.29 is 9.47 Å². The van der Waals surface area contributed by atoms with E-state index in [-0.39, 0.29) is 0 Å². The first-order chi connectivity index (χ1) is 12.3. The van der Waals surface area contributed by atoms with Gasteiger partial charge in [-0.3, -0.25) is 0 Å². The molecule has 0 radical (unpaired) electrons. The predicted octanol–water partition coefficient (Wildman–Crippen LogP) is 7.00. The largest absolute Gasteiger partial charge is 0.492 e. The number of rotatable bonds is 8. The highest BCUT2D eigenvalue weighted by atomic mass is 35.5. The Morgan fingerprint density at radius 1 is 0.720 bits per heavy atom. The summed E-state index contributed by atoms with van der Waals surface area (Å²) in [5.41, 5.74) is 0. The molecule has 132 valence electrons. The minimum Gasteiger partial charge on any atom is -0.492 e. The Labute approximate surface area is 154 Å². The smallest absolute Gasteiger partial charge is 0.135 e. The van der Waals surface area contributed by atoms with Crippen LogP contribution >= 0.6 is 11.6 Å². The van der Waals surface area contributed by atoms with Gasteiger partial charge in [0.15, 0.2) is 0 Å². The maximum Gasteiger partial charge on any atom is 0.135 e. The molecule has 3 rings (SSSR count). The Balaban J connectivity index is 2.21. The minimum absolute atomic E-state index is 0.706. The third-order valence-corrected chi connectivity index (χ3v) is 4.61. The highest BCUT2D eigenvalue weighted by Gasteiger charge is 2.16. The molecular weight excluding hydrogens is 332 g/mol. The summed E-state index contributed by atoms with van der Waals surface area (Å²) in [4.78, 5) is 0. The second-order valence-electron chi connectivity index (χ2n) is 6.30. The van der Waals surface area contributed by atoms with E-state index in [2.05, 4.69) is 26.0 Å². The zero-order valence-corrected chi connectivity index (χ0v) is 15.7. The van der Waals surface area contributed by atoms with Gasteiger partial charge in [-0.1, -0.05) is 62.6 Å². The fourth-order valence-electron chi connectivity index (χ4n) is 3.02. The lowest BCUT2D eigenvalue weighted by molar-refractivity contribution is 0.311. The number of hydrogen-bond donors (Lipinski definition) is 0. The number of unbranched alkanes of at least 4 members (excludes halogenated alkanes) is 2. The molecule has 0 aliphatic rings. The molecule has 0 saturated heterocycles. The van der Waals surface area contributed by atoms with Crippen molar-refractivity contribution in [1.82, 2.24) is 0 Å². The van der Waals surface area contributed by atoms with Crippen molar-refractivity contribution in [1.29, 1.82) is 0 Å². The standard InChI is InChI=1S/C22H25ClO2/c1-3-5-13-24-21-17-9-7-8-10-18(17)22(25-14-6-4-2)20-15-16(23)11-12-19(20)21/h7-12,15H,3-6,13-14H2,1-2H3. The number of fused-ring (bicyclic) bond motifs is 2. The highest BCUT2D eigenvalue weighted by Crippen LogP contribution is 2.43. The van der Waals surface area contributed by atoms with E-state index in [9.17, 15) is 0 Å². The summed E-state index contributed by atoms with van der Waals surface area (Å²) in [5, 5.41) is 4.97. The third-order valence-electron chi connectivity index (χ3n) is 4.38. The summed E-state index contributed by atoms with van der Waals surface area (Å²) in [5.74, 6) is 1.84. The van der Waals surface area contributed by atoms with Gasteiger partial charge in [-0.05, 0) is 31.0 Å². The molecule has 0 N–H and O–H groups in total. The van der Waals surface area contributed by atoms with E-state index in [0.29, 0.717) is 18.2 Å². The lowest BCUT2D eigenvalue weighted by atomic mass is 10.0. The van der Waals surface area contributed by atoms with E-state index in [1.54, 1.807) is 0 Å². The van der Waals surface area contributed by atoms with Gasteiger partial charge in [0, 0.05) is 26.6 Å². The van der Waals surface area contributed by atoms with E-state index in [4.69, 9.17) is 21.1 Å². The van der Waals surface area contributed by atoms with Gasteiger partial charge >= 0.3 is 0 Å². The van der Waals surface area contributed by atoms with Crippen molar-refractivity contribution in [3.63, 3.8) is 0 Å².